The molecule has 2 heteroatoms. The Kier molecular flexibility index (Phi) is 2.81. The predicted octanol–water partition coefficient (Wildman–Crippen LogP) is 4.27. The molecule has 0 amide bonds. The van der Waals surface area contributed by atoms with Crippen LogP contribution in [0.15, 0.2) is 10.7 Å². The van der Waals surface area contributed by atoms with E-state index in [0.29, 0.717) is 5.92 Å². The van der Waals surface area contributed by atoms with Crippen LogP contribution in [0.3, 0.4) is 0 Å². The fourth-order valence-corrected chi connectivity index (χ4v) is 4.41. The van der Waals surface area contributed by atoms with Gasteiger partial charge in [-0.05, 0) is 30.7 Å². The van der Waals surface area contributed by atoms with Gasteiger partial charge in [0, 0.05) is 24.5 Å². The lowest BCUT2D eigenvalue weighted by atomic mass is 9.54. The molecule has 2 aliphatic rings. The molecule has 0 unspecified atom stereocenters. The van der Waals surface area contributed by atoms with E-state index in [-0.39, 0.29) is 11.5 Å². The second kappa shape index (κ2) is 4.12. The first-order chi connectivity index (χ1) is 8.59. The van der Waals surface area contributed by atoms with E-state index in [1.807, 2.05) is 13.4 Å². The van der Waals surface area contributed by atoms with Gasteiger partial charge in [-0.25, -0.2) is 0 Å². The molecule has 2 aliphatic carbocycles. The first-order valence-electron chi connectivity index (χ1n) is 7.18. The average Bonchev–Trinajstić information content (AvgIpc) is 2.70. The number of rotatable bonds is 1. The van der Waals surface area contributed by atoms with Crippen molar-refractivity contribution in [2.75, 3.05) is 7.11 Å². The van der Waals surface area contributed by atoms with Crippen molar-refractivity contribution in [3.05, 3.63) is 23.2 Å². The zero-order chi connectivity index (χ0) is 12.9. The maximum atomic E-state index is 5.94. The summed E-state index contributed by atoms with van der Waals surface area (Å²) in [6.07, 6.45) is 7.22. The number of fused-ring (bicyclic) bond motifs is 2. The van der Waals surface area contributed by atoms with Crippen LogP contribution in [0.25, 0.3) is 0 Å². The summed E-state index contributed by atoms with van der Waals surface area (Å²) in [5, 5.41) is 0. The zero-order valence-corrected chi connectivity index (χ0v) is 12.0. The summed E-state index contributed by atoms with van der Waals surface area (Å²) in [7, 11) is 1.86. The minimum atomic E-state index is 0.209. The van der Waals surface area contributed by atoms with Crippen molar-refractivity contribution in [2.24, 2.45) is 17.3 Å². The predicted molar refractivity (Wildman–Crippen MR) is 71.5 cm³/mol. The van der Waals surface area contributed by atoms with E-state index in [1.54, 1.807) is 0 Å². The van der Waals surface area contributed by atoms with E-state index in [4.69, 9.17) is 9.15 Å². The van der Waals surface area contributed by atoms with E-state index in [1.165, 1.54) is 36.1 Å². The van der Waals surface area contributed by atoms with Gasteiger partial charge in [0.15, 0.2) is 0 Å². The average molecular weight is 248 g/mol. The van der Waals surface area contributed by atoms with Gasteiger partial charge < -0.3 is 9.15 Å². The molecule has 0 aromatic carbocycles. The molecule has 1 aromatic rings. The molecule has 4 atom stereocenters. The number of hydrogen-bond donors (Lipinski definition) is 0. The van der Waals surface area contributed by atoms with Gasteiger partial charge in [-0.1, -0.05) is 26.7 Å². The number of methoxy groups -OCH3 is 1. The summed E-state index contributed by atoms with van der Waals surface area (Å²) in [4.78, 5) is 0. The third kappa shape index (κ3) is 1.45. The maximum Gasteiger partial charge on any atom is 0.110 e. The monoisotopic (exact) mass is 248 g/mol. The Balaban J connectivity index is 2.12. The summed E-state index contributed by atoms with van der Waals surface area (Å²) in [5.74, 6) is 2.61. The fourth-order valence-electron chi connectivity index (χ4n) is 4.41. The van der Waals surface area contributed by atoms with Crippen LogP contribution in [0.4, 0.5) is 0 Å². The molecule has 0 spiro atoms. The molecule has 1 heterocycles. The summed E-state index contributed by atoms with van der Waals surface area (Å²) in [5.41, 5.74) is 2.87. The lowest BCUT2D eigenvalue weighted by Gasteiger charge is -2.53. The fraction of sp³-hybridized carbons (Fsp3) is 0.750. The van der Waals surface area contributed by atoms with Gasteiger partial charge in [-0.15, -0.1) is 0 Å². The Hall–Kier alpha value is -0.760. The smallest absolute Gasteiger partial charge is 0.110 e. The summed E-state index contributed by atoms with van der Waals surface area (Å²) < 4.78 is 11.7. The molecule has 1 fully saturated rings. The number of hydrogen-bond acceptors (Lipinski definition) is 2. The van der Waals surface area contributed by atoms with Crippen LogP contribution in [0, 0.1) is 24.2 Å². The van der Waals surface area contributed by atoms with Crippen molar-refractivity contribution in [1.82, 2.24) is 0 Å². The molecule has 0 aliphatic heterocycles. The zero-order valence-electron chi connectivity index (χ0n) is 12.0. The standard InChI is InChI=1S/C16H24O2/c1-10-9-18-13-8-12-7-5-6-11(2)16(12,3)15(17-4)14(10)13/h9,11-12,15H,5-8H2,1-4H3/t11-,12+,15+,16+/m0/s1. The van der Waals surface area contributed by atoms with Gasteiger partial charge in [-0.2, -0.15) is 0 Å². The Morgan fingerprint density at radius 1 is 1.39 bits per heavy atom. The second-order valence-electron chi connectivity index (χ2n) is 6.47. The van der Waals surface area contributed by atoms with Crippen LogP contribution in [-0.4, -0.2) is 7.11 Å². The SMILES string of the molecule is CO[C@@H]1c2c(C)coc2C[C@H]2CCC[C@H](C)[C@]21C. The topological polar surface area (TPSA) is 22.4 Å². The van der Waals surface area contributed by atoms with E-state index in [9.17, 15) is 0 Å². The molecule has 0 bridgehead atoms. The van der Waals surface area contributed by atoms with Crippen molar-refractivity contribution in [1.29, 1.82) is 0 Å². The van der Waals surface area contributed by atoms with Crippen LogP contribution in [-0.2, 0) is 11.2 Å². The van der Waals surface area contributed by atoms with Gasteiger partial charge in [0.1, 0.15) is 5.76 Å². The quantitative estimate of drug-likeness (QED) is 0.740. The van der Waals surface area contributed by atoms with Gasteiger partial charge in [0.25, 0.3) is 0 Å². The Labute approximate surface area is 110 Å². The molecule has 0 N–H and O–H groups in total. The molecule has 18 heavy (non-hydrogen) atoms. The highest BCUT2D eigenvalue weighted by Crippen LogP contribution is 2.59. The minimum Gasteiger partial charge on any atom is -0.469 e. The van der Waals surface area contributed by atoms with Gasteiger partial charge >= 0.3 is 0 Å². The molecular formula is C16H24O2. The largest absolute Gasteiger partial charge is 0.469 e. The Bertz CT molecular complexity index is 448. The van der Waals surface area contributed by atoms with Crippen LogP contribution >= 0.6 is 0 Å². The summed E-state index contributed by atoms with van der Waals surface area (Å²) >= 11 is 0. The van der Waals surface area contributed by atoms with E-state index < -0.39 is 0 Å². The summed E-state index contributed by atoms with van der Waals surface area (Å²) in [6.45, 7) is 6.98. The van der Waals surface area contributed by atoms with Crippen LogP contribution in [0.1, 0.15) is 56.1 Å². The van der Waals surface area contributed by atoms with Gasteiger partial charge in [-0.3, -0.25) is 0 Å². The van der Waals surface area contributed by atoms with Crippen molar-refractivity contribution in [3.63, 3.8) is 0 Å². The van der Waals surface area contributed by atoms with E-state index in [2.05, 4.69) is 20.8 Å². The molecule has 0 radical (unpaired) electrons. The third-order valence-electron chi connectivity index (χ3n) is 5.73. The van der Waals surface area contributed by atoms with Crippen LogP contribution < -0.4 is 0 Å². The lowest BCUT2D eigenvalue weighted by Crippen LogP contribution is -2.47. The van der Waals surface area contributed by atoms with Gasteiger partial charge in [0.2, 0.25) is 0 Å². The first-order valence-corrected chi connectivity index (χ1v) is 7.18. The normalized spacial score (nSPS) is 39.2. The van der Waals surface area contributed by atoms with E-state index in [0.717, 1.165) is 12.3 Å². The molecule has 1 aromatic heterocycles. The van der Waals surface area contributed by atoms with Gasteiger partial charge in [0.05, 0.1) is 12.4 Å². The molecule has 1 saturated carbocycles. The second-order valence-corrected chi connectivity index (χ2v) is 6.47. The first kappa shape index (κ1) is 12.3. The van der Waals surface area contributed by atoms with Crippen molar-refractivity contribution < 1.29 is 9.15 Å². The lowest BCUT2D eigenvalue weighted by molar-refractivity contribution is -0.104. The number of furan rings is 1. The van der Waals surface area contributed by atoms with Crippen molar-refractivity contribution in [2.45, 2.75) is 52.6 Å². The number of aryl methyl sites for hydroxylation is 1. The Morgan fingerprint density at radius 3 is 2.89 bits per heavy atom. The highest BCUT2D eigenvalue weighted by atomic mass is 16.5. The molecule has 3 rings (SSSR count). The van der Waals surface area contributed by atoms with Crippen molar-refractivity contribution in [3.8, 4) is 0 Å². The molecule has 100 valence electrons. The van der Waals surface area contributed by atoms with Crippen LogP contribution in [0.5, 0.6) is 0 Å². The molecule has 0 saturated heterocycles. The van der Waals surface area contributed by atoms with Crippen molar-refractivity contribution >= 4 is 0 Å². The Morgan fingerprint density at radius 2 is 2.17 bits per heavy atom. The van der Waals surface area contributed by atoms with Crippen LogP contribution in [0.2, 0.25) is 0 Å². The minimum absolute atomic E-state index is 0.209. The highest BCUT2D eigenvalue weighted by Gasteiger charge is 2.52. The number of ether oxygens (including phenoxy) is 1. The highest BCUT2D eigenvalue weighted by molar-refractivity contribution is 5.35. The molecule has 2 nitrogen and oxygen atoms in total. The molecular weight excluding hydrogens is 224 g/mol. The summed E-state index contributed by atoms with van der Waals surface area (Å²) in [6, 6.07) is 0. The maximum absolute atomic E-state index is 5.94. The van der Waals surface area contributed by atoms with E-state index >= 15 is 0 Å². The third-order valence-corrected chi connectivity index (χ3v) is 5.73.